The smallest absolute Gasteiger partial charge is 0.334 e. The van der Waals surface area contributed by atoms with Crippen LogP contribution in [0.4, 0.5) is 0 Å². The van der Waals surface area contributed by atoms with Crippen LogP contribution in [0.5, 0.6) is 0 Å². The molecule has 6 nitrogen and oxygen atoms in total. The summed E-state index contributed by atoms with van der Waals surface area (Å²) in [5, 5.41) is 0. The number of carbonyl (C=O) groups excluding carboxylic acids is 3. The molecule has 0 N–H and O–H groups in total. The minimum atomic E-state index is -2.17. The van der Waals surface area contributed by atoms with Gasteiger partial charge in [-0.3, -0.25) is 0 Å². The third kappa shape index (κ3) is 10.3. The fourth-order valence-corrected chi connectivity index (χ4v) is 7.39. The summed E-state index contributed by atoms with van der Waals surface area (Å²) in [5.74, 6) is -1.82. The zero-order chi connectivity index (χ0) is 20.7. The number of rotatable bonds is 14. The minimum absolute atomic E-state index is 0.293. The third-order valence-corrected chi connectivity index (χ3v) is 9.00. The van der Waals surface area contributed by atoms with Gasteiger partial charge in [-0.2, -0.15) is 0 Å². The molecule has 0 aliphatic rings. The third-order valence-electron chi connectivity index (χ3n) is 4.13. The van der Waals surface area contributed by atoms with E-state index in [1.807, 2.05) is 6.92 Å². The second-order valence-electron chi connectivity index (χ2n) is 6.69. The van der Waals surface area contributed by atoms with E-state index in [-0.39, 0.29) is 0 Å². The van der Waals surface area contributed by atoms with Crippen molar-refractivity contribution in [2.45, 2.75) is 91.0 Å². The van der Waals surface area contributed by atoms with Gasteiger partial charge in [-0.05, 0) is 31.0 Å². The summed E-state index contributed by atoms with van der Waals surface area (Å²) >= 11 is 0. The summed E-state index contributed by atoms with van der Waals surface area (Å²) < 4.78 is 16.1. The lowest BCUT2D eigenvalue weighted by atomic mass is 10.3. The molecule has 0 bridgehead atoms. The van der Waals surface area contributed by atoms with Crippen molar-refractivity contribution in [1.29, 1.82) is 0 Å². The van der Waals surface area contributed by atoms with Crippen molar-refractivity contribution in [3.63, 3.8) is 0 Å². The second kappa shape index (κ2) is 14.4. The predicted octanol–water partition coefficient (Wildman–Crippen LogP) is 4.54. The molecule has 27 heavy (non-hydrogen) atoms. The zero-order valence-corrected chi connectivity index (χ0v) is 18.5. The van der Waals surface area contributed by atoms with Crippen molar-refractivity contribution in [3.8, 4) is 0 Å². The first-order chi connectivity index (χ1) is 12.9. The molecule has 0 aliphatic heterocycles. The Hall–Kier alpha value is -1.63. The highest BCUT2D eigenvalue weighted by Crippen LogP contribution is 2.28. The summed E-state index contributed by atoms with van der Waals surface area (Å²) in [5.41, 5.74) is 0. The van der Waals surface area contributed by atoms with E-state index in [9.17, 15) is 14.4 Å². The van der Waals surface area contributed by atoms with Gasteiger partial charge < -0.3 is 13.9 Å². The number of ether oxygens (including phenoxy) is 2. The SMILES string of the molecule is CCCOC(=O)/C=C/C(=O)OC(CC)C(=O)O[Si](CCC)(CCC)CCC. The summed E-state index contributed by atoms with van der Waals surface area (Å²) in [6, 6.07) is 2.77. The predicted molar refractivity (Wildman–Crippen MR) is 108 cm³/mol. The molecule has 0 radical (unpaired) electrons. The highest BCUT2D eigenvalue weighted by atomic mass is 28.4. The maximum atomic E-state index is 12.6. The van der Waals surface area contributed by atoms with Crippen LogP contribution >= 0.6 is 0 Å². The van der Waals surface area contributed by atoms with Crippen molar-refractivity contribution in [2.24, 2.45) is 0 Å². The first-order valence-electron chi connectivity index (χ1n) is 10.2. The molecule has 156 valence electrons. The van der Waals surface area contributed by atoms with E-state index in [0.717, 1.165) is 49.5 Å². The molecule has 0 saturated heterocycles. The number of hydrogen-bond acceptors (Lipinski definition) is 6. The fraction of sp³-hybridized carbons (Fsp3) is 0.750. The van der Waals surface area contributed by atoms with Gasteiger partial charge in [0.1, 0.15) is 0 Å². The second-order valence-corrected chi connectivity index (χ2v) is 10.8. The summed E-state index contributed by atoms with van der Waals surface area (Å²) in [6.07, 6.45) is 4.99. The quantitative estimate of drug-likeness (QED) is 0.242. The lowest BCUT2D eigenvalue weighted by Gasteiger charge is -2.32. The highest BCUT2D eigenvalue weighted by molar-refractivity contribution is 6.75. The van der Waals surface area contributed by atoms with Crippen LogP contribution < -0.4 is 0 Å². The normalized spacial score (nSPS) is 12.6. The molecule has 0 rings (SSSR count). The van der Waals surface area contributed by atoms with E-state index in [4.69, 9.17) is 13.9 Å². The molecule has 1 atom stereocenters. The van der Waals surface area contributed by atoms with E-state index in [1.165, 1.54) is 0 Å². The van der Waals surface area contributed by atoms with Crippen molar-refractivity contribution in [1.82, 2.24) is 0 Å². The highest BCUT2D eigenvalue weighted by Gasteiger charge is 2.38. The molecular weight excluding hydrogens is 364 g/mol. The van der Waals surface area contributed by atoms with Crippen LogP contribution in [0.3, 0.4) is 0 Å². The summed E-state index contributed by atoms with van der Waals surface area (Å²) in [6.45, 7) is 10.2. The van der Waals surface area contributed by atoms with Gasteiger partial charge >= 0.3 is 17.9 Å². The van der Waals surface area contributed by atoms with Gasteiger partial charge in [0.2, 0.25) is 0 Å². The number of esters is 2. The Balaban J connectivity index is 4.93. The topological polar surface area (TPSA) is 78.9 Å². The molecule has 1 unspecified atom stereocenters. The van der Waals surface area contributed by atoms with Gasteiger partial charge in [-0.1, -0.05) is 53.9 Å². The van der Waals surface area contributed by atoms with Crippen molar-refractivity contribution >= 4 is 26.2 Å². The lowest BCUT2D eigenvalue weighted by Crippen LogP contribution is -2.43. The molecule has 0 saturated carbocycles. The van der Waals surface area contributed by atoms with E-state index in [1.54, 1.807) is 6.92 Å². The Morgan fingerprint density at radius 3 is 1.78 bits per heavy atom. The number of carbonyl (C=O) groups is 3. The van der Waals surface area contributed by atoms with Crippen LogP contribution in [0.15, 0.2) is 12.2 Å². The van der Waals surface area contributed by atoms with Crippen LogP contribution in [0.2, 0.25) is 18.1 Å². The fourth-order valence-electron chi connectivity index (χ4n) is 3.04. The van der Waals surface area contributed by atoms with Gasteiger partial charge in [0.25, 0.3) is 8.32 Å². The average Bonchev–Trinajstić information content (AvgIpc) is 2.63. The maximum Gasteiger partial charge on any atom is 0.334 e. The Morgan fingerprint density at radius 2 is 1.33 bits per heavy atom. The van der Waals surface area contributed by atoms with Crippen LogP contribution in [-0.2, 0) is 28.3 Å². The monoisotopic (exact) mass is 400 g/mol. The largest absolute Gasteiger partial charge is 0.516 e. The van der Waals surface area contributed by atoms with Gasteiger partial charge in [0.05, 0.1) is 6.61 Å². The molecular formula is C20H36O6Si. The van der Waals surface area contributed by atoms with E-state index in [2.05, 4.69) is 20.8 Å². The Labute approximate surface area is 164 Å². The molecule has 0 amide bonds. The van der Waals surface area contributed by atoms with Gasteiger partial charge in [0, 0.05) is 12.2 Å². The molecule has 0 aromatic rings. The molecule has 0 heterocycles. The van der Waals surface area contributed by atoms with Crippen molar-refractivity contribution in [3.05, 3.63) is 12.2 Å². The van der Waals surface area contributed by atoms with Gasteiger partial charge in [-0.15, -0.1) is 0 Å². The van der Waals surface area contributed by atoms with Gasteiger partial charge in [-0.25, -0.2) is 14.4 Å². The summed E-state index contributed by atoms with van der Waals surface area (Å²) in [4.78, 5) is 36.0. The van der Waals surface area contributed by atoms with Crippen LogP contribution in [-0.4, -0.2) is 38.9 Å². The first-order valence-corrected chi connectivity index (χ1v) is 12.7. The van der Waals surface area contributed by atoms with Gasteiger partial charge in [0.15, 0.2) is 6.10 Å². The molecule has 0 aromatic heterocycles. The van der Waals surface area contributed by atoms with Crippen LogP contribution in [0, 0.1) is 0 Å². The standard InChI is InChI=1S/C20H36O6Si/c1-6-13-24-18(21)11-12-19(22)25-17(10-5)20(23)26-27(14-7-2,15-8-3)16-9-4/h11-12,17H,6-10,13-16H2,1-5H3/b12-11+. The molecule has 0 spiro atoms. The van der Waals surface area contributed by atoms with Crippen LogP contribution in [0.25, 0.3) is 0 Å². The van der Waals surface area contributed by atoms with E-state index in [0.29, 0.717) is 19.4 Å². The van der Waals surface area contributed by atoms with Crippen molar-refractivity contribution in [2.75, 3.05) is 6.61 Å². The molecule has 0 fully saturated rings. The Bertz CT molecular complexity index is 472. The van der Waals surface area contributed by atoms with E-state index >= 15 is 0 Å². The average molecular weight is 401 g/mol. The molecule has 0 aromatic carbocycles. The number of hydrogen-bond donors (Lipinski definition) is 0. The first kappa shape index (κ1) is 25.4. The lowest BCUT2D eigenvalue weighted by molar-refractivity contribution is -0.159. The summed E-state index contributed by atoms with van der Waals surface area (Å²) in [7, 11) is -2.17. The maximum absolute atomic E-state index is 12.6. The molecule has 0 aliphatic carbocycles. The Morgan fingerprint density at radius 1 is 0.815 bits per heavy atom. The van der Waals surface area contributed by atoms with Crippen molar-refractivity contribution < 1.29 is 28.3 Å². The van der Waals surface area contributed by atoms with Crippen LogP contribution in [0.1, 0.15) is 66.7 Å². The minimum Gasteiger partial charge on any atom is -0.516 e. The zero-order valence-electron chi connectivity index (χ0n) is 17.5. The molecule has 7 heteroatoms. The van der Waals surface area contributed by atoms with E-state index < -0.39 is 32.3 Å². The Kier molecular flexibility index (Phi) is 13.6.